The minimum Gasteiger partial charge on any atom is -0.376 e. The Morgan fingerprint density at radius 3 is 2.67 bits per heavy atom. The molecular formula is C14H22N2O2. The second-order valence-electron chi connectivity index (χ2n) is 5.93. The summed E-state index contributed by atoms with van der Waals surface area (Å²) in [4.78, 5) is 0. The van der Waals surface area contributed by atoms with Crippen LogP contribution in [0, 0.1) is 17.2 Å². The van der Waals surface area contributed by atoms with Crippen LogP contribution >= 0.6 is 0 Å². The van der Waals surface area contributed by atoms with Crippen LogP contribution in [0.25, 0.3) is 0 Å². The molecule has 0 aromatic heterocycles. The number of ether oxygens (including phenoxy) is 2. The standard InChI is InChI=1S/C14H22N2O2/c15-9-14(11-3-4-11,16-12-5-6-12)10-17-8-13-2-1-7-18-13/h11-13,16H,1-8,10H2. The van der Waals surface area contributed by atoms with Gasteiger partial charge in [0, 0.05) is 12.6 Å². The summed E-state index contributed by atoms with van der Waals surface area (Å²) < 4.78 is 11.3. The van der Waals surface area contributed by atoms with Crippen molar-refractivity contribution in [2.75, 3.05) is 19.8 Å². The van der Waals surface area contributed by atoms with Gasteiger partial charge in [-0.05, 0) is 44.4 Å². The number of nitrogens with one attached hydrogen (secondary N) is 1. The zero-order chi connectivity index (χ0) is 12.4. The zero-order valence-electron chi connectivity index (χ0n) is 10.9. The van der Waals surface area contributed by atoms with Crippen LogP contribution in [0.3, 0.4) is 0 Å². The predicted molar refractivity (Wildman–Crippen MR) is 67.0 cm³/mol. The SMILES string of the molecule is N#CC(COCC1CCCO1)(NC1CC1)C1CC1. The van der Waals surface area contributed by atoms with E-state index in [1.54, 1.807) is 0 Å². The van der Waals surface area contributed by atoms with Crippen LogP contribution in [-0.2, 0) is 9.47 Å². The van der Waals surface area contributed by atoms with E-state index < -0.39 is 5.54 Å². The van der Waals surface area contributed by atoms with Gasteiger partial charge in [-0.2, -0.15) is 5.26 Å². The largest absolute Gasteiger partial charge is 0.376 e. The van der Waals surface area contributed by atoms with Gasteiger partial charge < -0.3 is 9.47 Å². The molecule has 1 aliphatic heterocycles. The summed E-state index contributed by atoms with van der Waals surface area (Å²) in [6.45, 7) is 2.02. The maximum Gasteiger partial charge on any atom is 0.133 e. The lowest BCUT2D eigenvalue weighted by Gasteiger charge is -2.28. The molecular weight excluding hydrogens is 228 g/mol. The van der Waals surface area contributed by atoms with Crippen molar-refractivity contribution in [3.05, 3.63) is 0 Å². The Bertz CT molecular complexity index is 327. The lowest BCUT2D eigenvalue weighted by Crippen LogP contribution is -2.51. The fourth-order valence-corrected chi connectivity index (χ4v) is 2.73. The first-order valence-corrected chi connectivity index (χ1v) is 7.21. The van der Waals surface area contributed by atoms with Crippen LogP contribution in [0.15, 0.2) is 0 Å². The molecule has 2 unspecified atom stereocenters. The van der Waals surface area contributed by atoms with Crippen molar-refractivity contribution >= 4 is 0 Å². The molecule has 0 spiro atoms. The van der Waals surface area contributed by atoms with Crippen molar-refractivity contribution in [3.8, 4) is 6.07 Å². The van der Waals surface area contributed by atoms with E-state index >= 15 is 0 Å². The zero-order valence-corrected chi connectivity index (χ0v) is 10.9. The molecule has 1 N–H and O–H groups in total. The fourth-order valence-electron chi connectivity index (χ4n) is 2.73. The minimum atomic E-state index is -0.431. The molecule has 1 saturated heterocycles. The highest BCUT2D eigenvalue weighted by Crippen LogP contribution is 2.41. The van der Waals surface area contributed by atoms with E-state index in [2.05, 4.69) is 11.4 Å². The van der Waals surface area contributed by atoms with E-state index in [-0.39, 0.29) is 6.10 Å². The lowest BCUT2D eigenvalue weighted by molar-refractivity contribution is -0.00102. The smallest absolute Gasteiger partial charge is 0.133 e. The van der Waals surface area contributed by atoms with Crippen LogP contribution in [0.5, 0.6) is 0 Å². The van der Waals surface area contributed by atoms with Crippen molar-refractivity contribution in [1.82, 2.24) is 5.32 Å². The molecule has 0 bridgehead atoms. The first kappa shape index (κ1) is 12.4. The van der Waals surface area contributed by atoms with Gasteiger partial charge in [-0.1, -0.05) is 0 Å². The summed E-state index contributed by atoms with van der Waals surface area (Å²) in [5, 5.41) is 13.0. The molecule has 2 saturated carbocycles. The molecule has 18 heavy (non-hydrogen) atoms. The van der Waals surface area contributed by atoms with Crippen LogP contribution in [0.2, 0.25) is 0 Å². The second kappa shape index (κ2) is 5.16. The van der Waals surface area contributed by atoms with Crippen LogP contribution in [0.1, 0.15) is 38.5 Å². The average molecular weight is 250 g/mol. The number of hydrogen-bond donors (Lipinski definition) is 1. The molecule has 3 rings (SSSR count). The van der Waals surface area contributed by atoms with Gasteiger partial charge in [-0.15, -0.1) is 0 Å². The van der Waals surface area contributed by atoms with Gasteiger partial charge in [0.2, 0.25) is 0 Å². The number of nitrogens with zero attached hydrogens (tertiary/aromatic N) is 1. The summed E-state index contributed by atoms with van der Waals surface area (Å²) >= 11 is 0. The molecule has 2 aliphatic carbocycles. The van der Waals surface area contributed by atoms with Crippen molar-refractivity contribution in [2.45, 2.75) is 56.2 Å². The highest BCUT2D eigenvalue weighted by molar-refractivity contribution is 5.17. The Morgan fingerprint density at radius 2 is 2.11 bits per heavy atom. The van der Waals surface area contributed by atoms with Gasteiger partial charge in [0.15, 0.2) is 0 Å². The van der Waals surface area contributed by atoms with Gasteiger partial charge in [0.05, 0.1) is 25.4 Å². The minimum absolute atomic E-state index is 0.251. The predicted octanol–water partition coefficient (Wildman–Crippen LogP) is 1.61. The molecule has 4 heteroatoms. The number of rotatable bonds is 7. The molecule has 1 heterocycles. The molecule has 4 nitrogen and oxygen atoms in total. The second-order valence-corrected chi connectivity index (χ2v) is 5.93. The summed E-state index contributed by atoms with van der Waals surface area (Å²) in [6, 6.07) is 3.05. The Balaban J connectivity index is 1.50. The molecule has 100 valence electrons. The Kier molecular flexibility index (Phi) is 3.56. The van der Waals surface area contributed by atoms with Gasteiger partial charge in [-0.25, -0.2) is 0 Å². The summed E-state index contributed by atoms with van der Waals surface area (Å²) in [6.07, 6.45) is 7.23. The molecule has 0 aromatic rings. The topological polar surface area (TPSA) is 54.3 Å². The summed E-state index contributed by atoms with van der Waals surface area (Å²) in [5.41, 5.74) is -0.431. The van der Waals surface area contributed by atoms with Gasteiger partial charge in [0.1, 0.15) is 5.54 Å². The van der Waals surface area contributed by atoms with Gasteiger partial charge in [0.25, 0.3) is 0 Å². The van der Waals surface area contributed by atoms with Crippen molar-refractivity contribution in [3.63, 3.8) is 0 Å². The Morgan fingerprint density at radius 1 is 1.28 bits per heavy atom. The van der Waals surface area contributed by atoms with E-state index in [0.29, 0.717) is 25.2 Å². The lowest BCUT2D eigenvalue weighted by atomic mass is 9.96. The molecule has 0 radical (unpaired) electrons. The first-order valence-electron chi connectivity index (χ1n) is 7.21. The quantitative estimate of drug-likeness (QED) is 0.746. The molecule has 2 atom stereocenters. The Hall–Kier alpha value is -0.630. The first-order chi connectivity index (χ1) is 8.82. The fraction of sp³-hybridized carbons (Fsp3) is 0.929. The summed E-state index contributed by atoms with van der Waals surface area (Å²) in [7, 11) is 0. The number of hydrogen-bond acceptors (Lipinski definition) is 4. The maximum atomic E-state index is 9.53. The van der Waals surface area contributed by atoms with Gasteiger partial charge >= 0.3 is 0 Å². The van der Waals surface area contributed by atoms with Crippen molar-refractivity contribution in [1.29, 1.82) is 5.26 Å². The number of nitriles is 1. The normalized spacial score (nSPS) is 30.9. The van der Waals surface area contributed by atoms with E-state index in [9.17, 15) is 5.26 Å². The van der Waals surface area contributed by atoms with E-state index in [0.717, 1.165) is 32.3 Å². The van der Waals surface area contributed by atoms with Crippen molar-refractivity contribution in [2.24, 2.45) is 5.92 Å². The van der Waals surface area contributed by atoms with Crippen LogP contribution in [0.4, 0.5) is 0 Å². The van der Waals surface area contributed by atoms with Crippen molar-refractivity contribution < 1.29 is 9.47 Å². The summed E-state index contributed by atoms with van der Waals surface area (Å²) in [5.74, 6) is 0.493. The van der Waals surface area contributed by atoms with E-state index in [1.807, 2.05) is 0 Å². The van der Waals surface area contributed by atoms with Gasteiger partial charge in [-0.3, -0.25) is 5.32 Å². The highest BCUT2D eigenvalue weighted by atomic mass is 16.5. The third-order valence-electron chi connectivity index (χ3n) is 4.17. The monoisotopic (exact) mass is 250 g/mol. The molecule has 3 fully saturated rings. The Labute approximate surface area is 109 Å². The van der Waals surface area contributed by atoms with E-state index in [4.69, 9.17) is 9.47 Å². The average Bonchev–Trinajstić information content (AvgIpc) is 3.29. The third-order valence-corrected chi connectivity index (χ3v) is 4.17. The molecule has 3 aliphatic rings. The van der Waals surface area contributed by atoms with Crippen LogP contribution < -0.4 is 5.32 Å². The van der Waals surface area contributed by atoms with Crippen LogP contribution in [-0.4, -0.2) is 37.5 Å². The third kappa shape index (κ3) is 2.85. The maximum absolute atomic E-state index is 9.53. The molecule has 0 aromatic carbocycles. The van der Waals surface area contributed by atoms with E-state index in [1.165, 1.54) is 12.8 Å². The highest BCUT2D eigenvalue weighted by Gasteiger charge is 2.48. The molecule has 0 amide bonds.